The number of likely N-dealkylation sites (N-methyl/N-ethyl adjacent to an activating group) is 1. The van der Waals surface area contributed by atoms with Crippen LogP contribution in [0.15, 0.2) is 48.0 Å². The van der Waals surface area contributed by atoms with Crippen LogP contribution in [0.4, 0.5) is 0 Å². The zero-order chi connectivity index (χ0) is 21.3. The minimum atomic E-state index is -0.665. The molecule has 0 unspecified atom stereocenters. The molecule has 1 aliphatic rings. The predicted molar refractivity (Wildman–Crippen MR) is 115 cm³/mol. The second kappa shape index (κ2) is 8.39. The van der Waals surface area contributed by atoms with Crippen molar-refractivity contribution in [2.45, 2.75) is 19.9 Å². The minimum Gasteiger partial charge on any atom is -0.507 e. The molecule has 29 heavy (non-hydrogen) atoms. The molecular formula is C23H25ClN2O3. The molecule has 0 saturated carbocycles. The predicted octanol–water partition coefficient (Wildman–Crippen LogP) is 3.94. The van der Waals surface area contributed by atoms with Gasteiger partial charge >= 0.3 is 0 Å². The zero-order valence-corrected chi connectivity index (χ0v) is 17.8. The topological polar surface area (TPSA) is 60.9 Å². The minimum absolute atomic E-state index is 0.116. The lowest BCUT2D eigenvalue weighted by molar-refractivity contribution is -0.140. The van der Waals surface area contributed by atoms with Gasteiger partial charge in [-0.2, -0.15) is 0 Å². The molecule has 1 aliphatic heterocycles. The fraction of sp³-hybridized carbons (Fsp3) is 0.304. The van der Waals surface area contributed by atoms with E-state index in [1.165, 1.54) is 4.90 Å². The van der Waals surface area contributed by atoms with Crippen molar-refractivity contribution in [3.05, 3.63) is 75.3 Å². The summed E-state index contributed by atoms with van der Waals surface area (Å²) < 4.78 is 0. The van der Waals surface area contributed by atoms with Gasteiger partial charge in [0.15, 0.2) is 0 Å². The average molecular weight is 413 g/mol. The number of nitrogens with zero attached hydrogens (tertiary/aromatic N) is 2. The van der Waals surface area contributed by atoms with Crippen LogP contribution in [-0.4, -0.2) is 53.8 Å². The van der Waals surface area contributed by atoms with Gasteiger partial charge in [0.1, 0.15) is 5.76 Å². The molecule has 1 atom stereocenters. The van der Waals surface area contributed by atoms with Crippen molar-refractivity contribution in [1.82, 2.24) is 9.80 Å². The summed E-state index contributed by atoms with van der Waals surface area (Å²) in [6, 6.07) is 12.0. The van der Waals surface area contributed by atoms with Crippen LogP contribution in [-0.2, 0) is 9.59 Å². The van der Waals surface area contributed by atoms with Gasteiger partial charge in [0.05, 0.1) is 11.6 Å². The second-order valence-electron chi connectivity index (χ2n) is 7.67. The lowest BCUT2D eigenvalue weighted by Gasteiger charge is -2.26. The van der Waals surface area contributed by atoms with Crippen LogP contribution >= 0.6 is 11.6 Å². The van der Waals surface area contributed by atoms with Crippen molar-refractivity contribution in [3.63, 3.8) is 0 Å². The van der Waals surface area contributed by atoms with Gasteiger partial charge in [-0.3, -0.25) is 9.59 Å². The van der Waals surface area contributed by atoms with Crippen LogP contribution in [0.3, 0.4) is 0 Å². The highest BCUT2D eigenvalue weighted by molar-refractivity contribution is 6.46. The third kappa shape index (κ3) is 4.21. The molecule has 1 amide bonds. The quantitative estimate of drug-likeness (QED) is 0.459. The van der Waals surface area contributed by atoms with E-state index in [4.69, 9.17) is 11.6 Å². The number of hydrogen-bond acceptors (Lipinski definition) is 4. The van der Waals surface area contributed by atoms with E-state index >= 15 is 0 Å². The number of aliphatic hydroxyl groups excluding tert-OH is 1. The molecule has 5 nitrogen and oxygen atoms in total. The molecule has 0 aliphatic carbocycles. The molecule has 1 fully saturated rings. The average Bonchev–Trinajstić information content (AvgIpc) is 2.93. The number of aryl methyl sites for hydroxylation is 2. The van der Waals surface area contributed by atoms with Crippen molar-refractivity contribution in [3.8, 4) is 0 Å². The number of rotatable bonds is 5. The number of carbonyl (C=O) groups is 2. The molecule has 0 aromatic heterocycles. The van der Waals surface area contributed by atoms with Crippen LogP contribution in [0.2, 0.25) is 5.02 Å². The first-order valence-corrected chi connectivity index (χ1v) is 9.84. The third-order valence-corrected chi connectivity index (χ3v) is 5.41. The molecule has 1 heterocycles. The molecule has 2 aromatic carbocycles. The first-order chi connectivity index (χ1) is 13.7. The molecule has 152 valence electrons. The van der Waals surface area contributed by atoms with Gasteiger partial charge in [0.25, 0.3) is 11.7 Å². The summed E-state index contributed by atoms with van der Waals surface area (Å²) in [5.41, 5.74) is 3.21. The van der Waals surface area contributed by atoms with Crippen molar-refractivity contribution in [2.75, 3.05) is 27.2 Å². The molecule has 0 bridgehead atoms. The van der Waals surface area contributed by atoms with Crippen LogP contribution in [0.25, 0.3) is 5.76 Å². The summed E-state index contributed by atoms with van der Waals surface area (Å²) in [6.07, 6.45) is 0. The number of ketones is 1. The van der Waals surface area contributed by atoms with Gasteiger partial charge in [-0.25, -0.2) is 0 Å². The van der Waals surface area contributed by atoms with Gasteiger partial charge < -0.3 is 14.9 Å². The van der Waals surface area contributed by atoms with E-state index in [0.717, 1.165) is 16.7 Å². The Balaban J connectivity index is 2.19. The van der Waals surface area contributed by atoms with Crippen LogP contribution in [0.5, 0.6) is 0 Å². The van der Waals surface area contributed by atoms with E-state index in [0.29, 0.717) is 23.7 Å². The summed E-state index contributed by atoms with van der Waals surface area (Å²) >= 11 is 6.03. The van der Waals surface area contributed by atoms with E-state index in [-0.39, 0.29) is 11.3 Å². The maximum absolute atomic E-state index is 13.0. The van der Waals surface area contributed by atoms with Gasteiger partial charge in [0, 0.05) is 23.7 Å². The largest absolute Gasteiger partial charge is 0.507 e. The number of benzene rings is 2. The second-order valence-corrected chi connectivity index (χ2v) is 8.10. The van der Waals surface area contributed by atoms with Crippen molar-refractivity contribution < 1.29 is 14.7 Å². The number of amides is 1. The van der Waals surface area contributed by atoms with Gasteiger partial charge in [-0.15, -0.1) is 0 Å². The van der Waals surface area contributed by atoms with Gasteiger partial charge in [0.2, 0.25) is 0 Å². The fourth-order valence-corrected chi connectivity index (χ4v) is 3.67. The molecule has 0 radical (unpaired) electrons. The maximum Gasteiger partial charge on any atom is 0.295 e. The molecule has 0 spiro atoms. The van der Waals surface area contributed by atoms with E-state index in [1.807, 2.05) is 51.0 Å². The van der Waals surface area contributed by atoms with Crippen LogP contribution in [0.1, 0.15) is 28.3 Å². The first-order valence-electron chi connectivity index (χ1n) is 9.47. The van der Waals surface area contributed by atoms with Gasteiger partial charge in [-0.05, 0) is 57.3 Å². The smallest absolute Gasteiger partial charge is 0.295 e. The number of aliphatic hydroxyl groups is 1. The highest BCUT2D eigenvalue weighted by Gasteiger charge is 2.46. The van der Waals surface area contributed by atoms with E-state index < -0.39 is 17.7 Å². The Bertz CT molecular complexity index is 980. The summed E-state index contributed by atoms with van der Waals surface area (Å²) in [5, 5.41) is 11.7. The summed E-state index contributed by atoms with van der Waals surface area (Å²) in [6.45, 7) is 4.76. The van der Waals surface area contributed by atoms with Crippen LogP contribution in [0, 0.1) is 13.8 Å². The van der Waals surface area contributed by atoms with E-state index in [1.54, 1.807) is 24.3 Å². The van der Waals surface area contributed by atoms with Crippen molar-refractivity contribution in [2.24, 2.45) is 0 Å². The Morgan fingerprint density at radius 2 is 1.76 bits per heavy atom. The number of halogens is 1. The number of carbonyl (C=O) groups excluding carboxylic acids is 2. The van der Waals surface area contributed by atoms with Gasteiger partial charge in [-0.1, -0.05) is 41.4 Å². The Kier molecular flexibility index (Phi) is 6.10. The molecule has 2 aromatic rings. The Hall–Kier alpha value is -2.63. The van der Waals surface area contributed by atoms with E-state index in [9.17, 15) is 14.7 Å². The lowest BCUT2D eigenvalue weighted by Crippen LogP contribution is -2.35. The Morgan fingerprint density at radius 3 is 2.38 bits per heavy atom. The van der Waals surface area contributed by atoms with Crippen molar-refractivity contribution in [1.29, 1.82) is 0 Å². The molecular weight excluding hydrogens is 388 g/mol. The standard InChI is InChI=1S/C23H25ClN2O3/c1-14-5-6-15(2)18(13-14)21(27)19-20(16-7-9-17(24)10-8-16)26(12-11-25(3)4)23(29)22(19)28/h5-10,13,20,27H,11-12H2,1-4H3/t20-/m0/s1. The molecule has 1 saturated heterocycles. The first kappa shape index (κ1) is 21.1. The highest BCUT2D eigenvalue weighted by atomic mass is 35.5. The SMILES string of the molecule is Cc1ccc(C)c(C(O)=C2C(=O)C(=O)N(CCN(C)C)[C@H]2c2ccc(Cl)cc2)c1. The maximum atomic E-state index is 13.0. The zero-order valence-electron chi connectivity index (χ0n) is 17.1. The summed E-state index contributed by atoms with van der Waals surface area (Å²) in [5.74, 6) is -1.40. The van der Waals surface area contributed by atoms with Crippen molar-refractivity contribution >= 4 is 29.1 Å². The third-order valence-electron chi connectivity index (χ3n) is 5.16. The Morgan fingerprint density at radius 1 is 1.10 bits per heavy atom. The number of hydrogen-bond donors (Lipinski definition) is 1. The molecule has 3 rings (SSSR count). The summed E-state index contributed by atoms with van der Waals surface area (Å²) in [4.78, 5) is 29.3. The number of likely N-dealkylation sites (tertiary alicyclic amines) is 1. The molecule has 1 N–H and O–H groups in total. The highest BCUT2D eigenvalue weighted by Crippen LogP contribution is 2.40. The molecule has 6 heteroatoms. The summed E-state index contributed by atoms with van der Waals surface area (Å²) in [7, 11) is 3.81. The van der Waals surface area contributed by atoms with Crippen LogP contribution < -0.4 is 0 Å². The van der Waals surface area contributed by atoms with E-state index in [2.05, 4.69) is 0 Å². The Labute approximate surface area is 176 Å². The number of Topliss-reactive ketones (excluding diaryl/α,β-unsaturated/α-hetero) is 1. The normalized spacial score (nSPS) is 18.7. The monoisotopic (exact) mass is 412 g/mol. The fourth-order valence-electron chi connectivity index (χ4n) is 3.55. The lowest BCUT2D eigenvalue weighted by atomic mass is 9.93.